The van der Waals surface area contributed by atoms with Crippen molar-refractivity contribution in [1.82, 2.24) is 0 Å². The molecule has 58 valence electrons. The molecule has 2 N–H and O–H groups in total. The van der Waals surface area contributed by atoms with Crippen LogP contribution in [0.2, 0.25) is 0 Å². The first-order valence-electron chi connectivity index (χ1n) is 2.67. The van der Waals surface area contributed by atoms with Crippen molar-refractivity contribution in [1.29, 1.82) is 0 Å². The van der Waals surface area contributed by atoms with Crippen LogP contribution in [0, 0.1) is 0 Å². The lowest BCUT2D eigenvalue weighted by Gasteiger charge is -1.78. The van der Waals surface area contributed by atoms with E-state index in [1.807, 2.05) is 0 Å². The minimum absolute atomic E-state index is 0.236. The summed E-state index contributed by atoms with van der Waals surface area (Å²) >= 11 is 6.15. The summed E-state index contributed by atoms with van der Waals surface area (Å²) in [5.41, 5.74) is 0. The number of aliphatic hydroxyl groups excluding tert-OH is 2. The molecule has 0 aromatic heterocycles. The third kappa shape index (κ3) is 27.9. The Labute approximate surface area is 72.5 Å². The highest BCUT2D eigenvalue weighted by molar-refractivity contribution is 9.09. The predicted octanol–water partition coefficient (Wildman–Crippen LogP) is 1.14. The van der Waals surface area contributed by atoms with Gasteiger partial charge >= 0.3 is 0 Å². The van der Waals surface area contributed by atoms with E-state index in [0.29, 0.717) is 11.9 Å². The van der Waals surface area contributed by atoms with Crippen molar-refractivity contribution in [2.75, 3.05) is 23.9 Å². The lowest BCUT2D eigenvalue weighted by Crippen LogP contribution is -1.78. The molecule has 0 aliphatic heterocycles. The smallest absolute Gasteiger partial charge is 0.0528 e. The highest BCUT2D eigenvalue weighted by Crippen LogP contribution is 1.81. The van der Waals surface area contributed by atoms with Crippen LogP contribution in [0.5, 0.6) is 0 Å². The molecule has 0 saturated heterocycles. The number of rotatable bonds is 3. The number of hydrogen-bond acceptors (Lipinski definition) is 2. The molecule has 0 bridgehead atoms. The molecule has 0 radical (unpaired) electrons. The first kappa shape index (κ1) is 12.5. The molecule has 0 spiro atoms. The van der Waals surface area contributed by atoms with Crippen LogP contribution in [-0.4, -0.2) is 34.1 Å². The van der Waals surface area contributed by atoms with Gasteiger partial charge in [-0.3, -0.25) is 0 Å². The lowest BCUT2D eigenvalue weighted by atomic mass is 10.5. The quantitative estimate of drug-likeness (QED) is 0.750. The Kier molecular flexibility index (Phi) is 22.2. The Morgan fingerprint density at radius 2 is 1.33 bits per heavy atom. The molecule has 0 unspecified atom stereocenters. The summed E-state index contributed by atoms with van der Waals surface area (Å²) in [6, 6.07) is 0. The molecule has 0 heterocycles. The number of halogens is 2. The van der Waals surface area contributed by atoms with Gasteiger partial charge in [-0.2, -0.15) is 0 Å². The van der Waals surface area contributed by atoms with E-state index in [2.05, 4.69) is 31.9 Å². The molecule has 0 aliphatic rings. The normalized spacial score (nSPS) is 8.00. The third-order valence-corrected chi connectivity index (χ3v) is 1.29. The molecule has 0 amide bonds. The molecule has 4 heteroatoms. The van der Waals surface area contributed by atoms with Gasteiger partial charge in [0.05, 0.1) is 6.61 Å². The van der Waals surface area contributed by atoms with Gasteiger partial charge < -0.3 is 10.2 Å². The van der Waals surface area contributed by atoms with Gasteiger partial charge in [-0.1, -0.05) is 31.9 Å². The van der Waals surface area contributed by atoms with Crippen LogP contribution in [0.3, 0.4) is 0 Å². The van der Waals surface area contributed by atoms with Gasteiger partial charge in [0.15, 0.2) is 0 Å². The highest BCUT2D eigenvalue weighted by atomic mass is 79.9. The number of aliphatic hydroxyl groups is 2. The summed E-state index contributed by atoms with van der Waals surface area (Å²) in [6.45, 7) is 0.533. The van der Waals surface area contributed by atoms with Crippen LogP contribution < -0.4 is 0 Å². The zero-order chi connectivity index (χ0) is 7.54. The molecule has 0 aromatic rings. The van der Waals surface area contributed by atoms with Gasteiger partial charge in [0.1, 0.15) is 0 Å². The van der Waals surface area contributed by atoms with Crippen LogP contribution in [0.1, 0.15) is 6.42 Å². The Balaban J connectivity index is 0. The Hall–Kier alpha value is 0.880. The zero-order valence-corrected chi connectivity index (χ0v) is 8.36. The molecule has 0 aromatic carbocycles. The largest absolute Gasteiger partial charge is 0.396 e. The van der Waals surface area contributed by atoms with Gasteiger partial charge in [0, 0.05) is 17.3 Å². The Morgan fingerprint density at radius 1 is 0.889 bits per heavy atom. The average molecular weight is 264 g/mol. The summed E-state index contributed by atoms with van der Waals surface area (Å²) in [7, 11) is 0. The van der Waals surface area contributed by atoms with E-state index in [0.717, 1.165) is 11.8 Å². The molecule has 0 saturated carbocycles. The molecule has 0 atom stereocenters. The minimum Gasteiger partial charge on any atom is -0.396 e. The number of alkyl halides is 2. The molecule has 0 aliphatic carbocycles. The summed E-state index contributed by atoms with van der Waals surface area (Å²) in [5.74, 6) is 0. The van der Waals surface area contributed by atoms with E-state index >= 15 is 0 Å². The zero-order valence-electron chi connectivity index (χ0n) is 5.19. The Morgan fingerprint density at radius 3 is 1.33 bits per heavy atom. The van der Waals surface area contributed by atoms with Crippen LogP contribution in [0.15, 0.2) is 0 Å². The predicted molar refractivity (Wildman–Crippen MR) is 46.4 cm³/mol. The molecular formula is C5H12Br2O2. The standard InChI is InChI=1S/C3H7BrO.C2H5BrO/c4-2-1-3-5;3-1-2-4/h5H,1-3H2;4H,1-2H2. The second-order valence-electron chi connectivity index (χ2n) is 1.18. The first-order chi connectivity index (χ1) is 4.33. The van der Waals surface area contributed by atoms with Crippen molar-refractivity contribution < 1.29 is 10.2 Å². The first-order valence-corrected chi connectivity index (χ1v) is 4.91. The van der Waals surface area contributed by atoms with Crippen molar-refractivity contribution in [3.8, 4) is 0 Å². The van der Waals surface area contributed by atoms with Gasteiger partial charge in [-0.25, -0.2) is 0 Å². The SMILES string of the molecule is OCCBr.OCCCBr. The maximum atomic E-state index is 8.04. The van der Waals surface area contributed by atoms with E-state index in [-0.39, 0.29) is 6.61 Å². The third-order valence-electron chi connectivity index (χ3n) is 0.376. The van der Waals surface area contributed by atoms with Crippen LogP contribution in [0.25, 0.3) is 0 Å². The maximum Gasteiger partial charge on any atom is 0.0528 e. The number of hydrogen-bond donors (Lipinski definition) is 2. The summed E-state index contributed by atoms with van der Waals surface area (Å²) < 4.78 is 0. The second-order valence-corrected chi connectivity index (χ2v) is 2.76. The van der Waals surface area contributed by atoms with E-state index in [1.54, 1.807) is 0 Å². The molecule has 9 heavy (non-hydrogen) atoms. The highest BCUT2D eigenvalue weighted by Gasteiger charge is 1.70. The fraction of sp³-hybridized carbons (Fsp3) is 1.00. The topological polar surface area (TPSA) is 40.5 Å². The van der Waals surface area contributed by atoms with Gasteiger partial charge in [0.2, 0.25) is 0 Å². The van der Waals surface area contributed by atoms with Crippen molar-refractivity contribution in [2.24, 2.45) is 0 Å². The van der Waals surface area contributed by atoms with Gasteiger partial charge in [-0.15, -0.1) is 0 Å². The summed E-state index contributed by atoms with van der Waals surface area (Å²) in [4.78, 5) is 0. The lowest BCUT2D eigenvalue weighted by molar-refractivity contribution is 0.296. The summed E-state index contributed by atoms with van der Waals surface area (Å²) in [6.07, 6.45) is 0.861. The average Bonchev–Trinajstić information content (AvgIpc) is 1.91. The second kappa shape index (κ2) is 15.9. The van der Waals surface area contributed by atoms with Crippen molar-refractivity contribution in [3.05, 3.63) is 0 Å². The van der Waals surface area contributed by atoms with Crippen LogP contribution >= 0.6 is 31.9 Å². The van der Waals surface area contributed by atoms with Gasteiger partial charge in [-0.05, 0) is 6.42 Å². The van der Waals surface area contributed by atoms with Crippen molar-refractivity contribution >= 4 is 31.9 Å². The van der Waals surface area contributed by atoms with Crippen LogP contribution in [-0.2, 0) is 0 Å². The maximum absolute atomic E-state index is 8.04. The fourth-order valence-electron chi connectivity index (χ4n) is 0.0598. The van der Waals surface area contributed by atoms with E-state index < -0.39 is 0 Å². The van der Waals surface area contributed by atoms with Gasteiger partial charge in [0.25, 0.3) is 0 Å². The van der Waals surface area contributed by atoms with Crippen molar-refractivity contribution in [2.45, 2.75) is 6.42 Å². The monoisotopic (exact) mass is 262 g/mol. The summed E-state index contributed by atoms with van der Waals surface area (Å²) in [5, 5.41) is 17.5. The van der Waals surface area contributed by atoms with Crippen LogP contribution in [0.4, 0.5) is 0 Å². The van der Waals surface area contributed by atoms with Crippen molar-refractivity contribution in [3.63, 3.8) is 0 Å². The minimum atomic E-state index is 0.236. The molecule has 2 nitrogen and oxygen atoms in total. The fourth-order valence-corrected chi connectivity index (χ4v) is 0.311. The van der Waals surface area contributed by atoms with E-state index in [1.165, 1.54) is 0 Å². The molecule has 0 fully saturated rings. The van der Waals surface area contributed by atoms with E-state index in [4.69, 9.17) is 10.2 Å². The van der Waals surface area contributed by atoms with E-state index in [9.17, 15) is 0 Å². The molecular weight excluding hydrogens is 252 g/mol. The molecule has 0 rings (SSSR count). The Bertz CT molecular complexity index is 32.1.